The number of hydrogen-bond acceptors (Lipinski definition) is 1. The molecule has 0 amide bonds. The average molecular weight is 201 g/mol. The molecular weight excluding hydrogens is 182 g/mol. The van der Waals surface area contributed by atoms with Gasteiger partial charge in [0.15, 0.2) is 0 Å². The average Bonchev–Trinajstić information content (AvgIpc) is 3.13. The standard InChI is InChI=1S/C14H19N/c1-2-11-3-5-12(6-4-11)13(7-8-13)14(15)9-10-14/h3-6H,2,7-10,15H2,1H3. The predicted molar refractivity (Wildman–Crippen MR) is 62.9 cm³/mol. The monoisotopic (exact) mass is 201 g/mol. The zero-order chi connectivity index (χ0) is 10.5. The van der Waals surface area contributed by atoms with Crippen molar-refractivity contribution in [2.45, 2.75) is 50.0 Å². The summed E-state index contributed by atoms with van der Waals surface area (Å²) in [6, 6.07) is 9.14. The Hall–Kier alpha value is -0.820. The van der Waals surface area contributed by atoms with Crippen molar-refractivity contribution >= 4 is 0 Å². The van der Waals surface area contributed by atoms with E-state index in [-0.39, 0.29) is 5.54 Å². The Morgan fingerprint density at radius 3 is 2.07 bits per heavy atom. The summed E-state index contributed by atoms with van der Waals surface area (Å²) >= 11 is 0. The van der Waals surface area contributed by atoms with Gasteiger partial charge in [0.1, 0.15) is 0 Å². The highest BCUT2D eigenvalue weighted by Gasteiger charge is 2.63. The summed E-state index contributed by atoms with van der Waals surface area (Å²) in [6.45, 7) is 2.20. The third kappa shape index (κ3) is 1.26. The molecule has 2 aliphatic carbocycles. The molecule has 1 nitrogen and oxygen atoms in total. The maximum Gasteiger partial charge on any atom is 0.0253 e. The lowest BCUT2D eigenvalue weighted by atomic mass is 9.86. The third-order valence-corrected chi connectivity index (χ3v) is 4.41. The Bertz CT molecular complexity index is 369. The molecule has 1 aromatic rings. The van der Waals surface area contributed by atoms with E-state index >= 15 is 0 Å². The molecule has 80 valence electrons. The van der Waals surface area contributed by atoms with E-state index in [1.807, 2.05) is 0 Å². The highest BCUT2D eigenvalue weighted by molar-refractivity contribution is 5.41. The summed E-state index contributed by atoms with van der Waals surface area (Å²) in [5.41, 5.74) is 9.82. The molecule has 2 aliphatic rings. The lowest BCUT2D eigenvalue weighted by Crippen LogP contribution is -2.37. The molecule has 0 aliphatic heterocycles. The first-order valence-corrected chi connectivity index (χ1v) is 6.08. The van der Waals surface area contributed by atoms with Gasteiger partial charge in [0.2, 0.25) is 0 Å². The van der Waals surface area contributed by atoms with Crippen LogP contribution in [0.1, 0.15) is 43.7 Å². The summed E-state index contributed by atoms with van der Waals surface area (Å²) in [6.07, 6.45) is 6.18. The molecular formula is C14H19N. The number of rotatable bonds is 3. The fourth-order valence-corrected chi connectivity index (χ4v) is 2.87. The minimum Gasteiger partial charge on any atom is -0.324 e. The van der Waals surface area contributed by atoms with Gasteiger partial charge in [-0.15, -0.1) is 0 Å². The fourth-order valence-electron chi connectivity index (χ4n) is 2.87. The molecule has 0 unspecified atom stereocenters. The second-order valence-electron chi connectivity index (χ2n) is 5.29. The molecule has 0 spiro atoms. The van der Waals surface area contributed by atoms with Crippen LogP contribution in [-0.4, -0.2) is 5.54 Å². The summed E-state index contributed by atoms with van der Waals surface area (Å²) < 4.78 is 0. The first-order valence-electron chi connectivity index (χ1n) is 6.08. The van der Waals surface area contributed by atoms with Gasteiger partial charge in [-0.3, -0.25) is 0 Å². The largest absolute Gasteiger partial charge is 0.324 e. The van der Waals surface area contributed by atoms with E-state index in [1.165, 1.54) is 36.8 Å². The van der Waals surface area contributed by atoms with Gasteiger partial charge in [0.05, 0.1) is 0 Å². The van der Waals surface area contributed by atoms with Crippen molar-refractivity contribution in [1.29, 1.82) is 0 Å². The van der Waals surface area contributed by atoms with Gasteiger partial charge in [-0.2, -0.15) is 0 Å². The van der Waals surface area contributed by atoms with Gasteiger partial charge in [0, 0.05) is 11.0 Å². The maximum absolute atomic E-state index is 6.39. The van der Waals surface area contributed by atoms with Crippen LogP contribution in [0.5, 0.6) is 0 Å². The van der Waals surface area contributed by atoms with Crippen LogP contribution < -0.4 is 5.73 Å². The molecule has 2 saturated carbocycles. The van der Waals surface area contributed by atoms with Crippen molar-refractivity contribution in [3.63, 3.8) is 0 Å². The van der Waals surface area contributed by atoms with Gasteiger partial charge in [-0.1, -0.05) is 31.2 Å². The van der Waals surface area contributed by atoms with E-state index in [0.29, 0.717) is 5.41 Å². The summed E-state index contributed by atoms with van der Waals surface area (Å²) in [5, 5.41) is 0. The molecule has 2 fully saturated rings. The van der Waals surface area contributed by atoms with Crippen molar-refractivity contribution in [2.24, 2.45) is 5.73 Å². The molecule has 0 radical (unpaired) electrons. The highest BCUT2D eigenvalue weighted by atomic mass is 14.9. The zero-order valence-electron chi connectivity index (χ0n) is 9.42. The normalized spacial score (nSPS) is 24.9. The lowest BCUT2D eigenvalue weighted by Gasteiger charge is -2.23. The second-order valence-corrected chi connectivity index (χ2v) is 5.29. The van der Waals surface area contributed by atoms with E-state index in [2.05, 4.69) is 31.2 Å². The molecule has 1 aromatic carbocycles. The van der Waals surface area contributed by atoms with Gasteiger partial charge >= 0.3 is 0 Å². The van der Waals surface area contributed by atoms with Crippen molar-refractivity contribution in [3.05, 3.63) is 35.4 Å². The van der Waals surface area contributed by atoms with E-state index < -0.39 is 0 Å². The van der Waals surface area contributed by atoms with Crippen LogP contribution in [0, 0.1) is 0 Å². The van der Waals surface area contributed by atoms with Crippen molar-refractivity contribution < 1.29 is 0 Å². The Morgan fingerprint density at radius 2 is 1.67 bits per heavy atom. The second kappa shape index (κ2) is 2.85. The quantitative estimate of drug-likeness (QED) is 0.799. The first-order chi connectivity index (χ1) is 7.20. The number of hydrogen-bond donors (Lipinski definition) is 1. The van der Waals surface area contributed by atoms with Gasteiger partial charge in [-0.25, -0.2) is 0 Å². The predicted octanol–water partition coefficient (Wildman–Crippen LogP) is 2.77. The van der Waals surface area contributed by atoms with Crippen LogP contribution in [0.4, 0.5) is 0 Å². The molecule has 0 aromatic heterocycles. The molecule has 0 bridgehead atoms. The molecule has 2 N–H and O–H groups in total. The molecule has 0 saturated heterocycles. The fraction of sp³-hybridized carbons (Fsp3) is 0.571. The minimum absolute atomic E-state index is 0.154. The smallest absolute Gasteiger partial charge is 0.0253 e. The van der Waals surface area contributed by atoms with E-state index in [1.54, 1.807) is 0 Å². The van der Waals surface area contributed by atoms with Crippen LogP contribution in [0.3, 0.4) is 0 Å². The zero-order valence-corrected chi connectivity index (χ0v) is 9.42. The molecule has 3 rings (SSSR count). The van der Waals surface area contributed by atoms with Crippen LogP contribution >= 0.6 is 0 Å². The minimum atomic E-state index is 0.154. The Morgan fingerprint density at radius 1 is 1.07 bits per heavy atom. The van der Waals surface area contributed by atoms with Crippen molar-refractivity contribution in [2.75, 3.05) is 0 Å². The lowest BCUT2D eigenvalue weighted by molar-refractivity contribution is 0.503. The van der Waals surface area contributed by atoms with Crippen LogP contribution in [0.25, 0.3) is 0 Å². The Balaban J connectivity index is 1.93. The SMILES string of the molecule is CCc1ccc(C2(C3(N)CC3)CC2)cc1. The van der Waals surface area contributed by atoms with E-state index in [0.717, 1.165) is 6.42 Å². The molecule has 1 heteroatoms. The summed E-state index contributed by atoms with van der Waals surface area (Å²) in [5.74, 6) is 0. The summed E-state index contributed by atoms with van der Waals surface area (Å²) in [7, 11) is 0. The number of benzene rings is 1. The number of nitrogens with two attached hydrogens (primary N) is 1. The Labute approximate surface area is 91.7 Å². The van der Waals surface area contributed by atoms with Gasteiger partial charge in [0.25, 0.3) is 0 Å². The Kier molecular flexibility index (Phi) is 1.79. The highest BCUT2D eigenvalue weighted by Crippen LogP contribution is 2.63. The van der Waals surface area contributed by atoms with E-state index in [4.69, 9.17) is 5.73 Å². The van der Waals surface area contributed by atoms with Crippen molar-refractivity contribution in [3.8, 4) is 0 Å². The van der Waals surface area contributed by atoms with Crippen LogP contribution in [0.15, 0.2) is 24.3 Å². The van der Waals surface area contributed by atoms with Gasteiger partial charge in [-0.05, 0) is 43.2 Å². The van der Waals surface area contributed by atoms with Crippen molar-refractivity contribution in [1.82, 2.24) is 0 Å². The number of aryl methyl sites for hydroxylation is 1. The molecule has 0 heterocycles. The third-order valence-electron chi connectivity index (χ3n) is 4.41. The molecule has 0 atom stereocenters. The maximum atomic E-state index is 6.39. The van der Waals surface area contributed by atoms with Crippen LogP contribution in [0.2, 0.25) is 0 Å². The van der Waals surface area contributed by atoms with Crippen LogP contribution in [-0.2, 0) is 11.8 Å². The van der Waals surface area contributed by atoms with E-state index in [9.17, 15) is 0 Å². The summed E-state index contributed by atoms with van der Waals surface area (Å²) in [4.78, 5) is 0. The molecule has 15 heavy (non-hydrogen) atoms. The topological polar surface area (TPSA) is 26.0 Å². The van der Waals surface area contributed by atoms with Gasteiger partial charge < -0.3 is 5.73 Å². The first kappa shape index (κ1) is 9.41.